The number of anilines is 6. The Kier molecular flexibility index (Phi) is 7.63. The van der Waals surface area contributed by atoms with Crippen LogP contribution in [0.5, 0.6) is 0 Å². The van der Waals surface area contributed by atoms with Gasteiger partial charge < -0.3 is 18.6 Å². The number of fused-ring (bicyclic) bond motifs is 10. The van der Waals surface area contributed by atoms with E-state index < -0.39 is 0 Å². The zero-order valence-electron chi connectivity index (χ0n) is 35.3. The second kappa shape index (κ2) is 13.4. The molecular weight excluding hydrogens is 767 g/mol. The summed E-state index contributed by atoms with van der Waals surface area (Å²) in [5.74, 6) is 0. The molecule has 0 spiro atoms. The summed E-state index contributed by atoms with van der Waals surface area (Å²) in [5.41, 5.74) is 19.8. The summed E-state index contributed by atoms with van der Waals surface area (Å²) in [7, 11) is 0. The summed E-state index contributed by atoms with van der Waals surface area (Å²) in [4.78, 5) is 5.10. The van der Waals surface area contributed by atoms with Gasteiger partial charge in [0.25, 0.3) is 6.71 Å². The van der Waals surface area contributed by atoms with Gasteiger partial charge in [-0.15, -0.1) is 0 Å². The molecule has 2 aliphatic rings. The van der Waals surface area contributed by atoms with E-state index in [0.717, 1.165) is 66.6 Å². The van der Waals surface area contributed by atoms with Crippen molar-refractivity contribution in [3.05, 3.63) is 200 Å². The SMILES string of the molecule is CC(C)(C)c1cc2c3c(c1)N(c1ccccc1-c1ccccc1)c1cc4c(cc1B3c1cc3oc5ccccc5c3cc1N2c1ccccc1-c1ccccc1)oc1ccccc14. The smallest absolute Gasteiger partial charge is 0.252 e. The Morgan fingerprint density at radius 3 is 1.24 bits per heavy atom. The molecule has 0 saturated carbocycles. The third-order valence-electron chi connectivity index (χ3n) is 13.4. The molecule has 0 radical (unpaired) electrons. The summed E-state index contributed by atoms with van der Waals surface area (Å²) >= 11 is 0. The van der Waals surface area contributed by atoms with Crippen LogP contribution < -0.4 is 26.2 Å². The molecule has 298 valence electrons. The number of hydrogen-bond donors (Lipinski definition) is 0. The minimum absolute atomic E-state index is 0.149. The van der Waals surface area contributed by atoms with Crippen molar-refractivity contribution in [2.24, 2.45) is 0 Å². The lowest BCUT2D eigenvalue weighted by Crippen LogP contribution is -2.61. The van der Waals surface area contributed by atoms with Crippen LogP contribution in [-0.2, 0) is 5.41 Å². The van der Waals surface area contributed by atoms with E-state index in [4.69, 9.17) is 8.83 Å². The van der Waals surface area contributed by atoms with Gasteiger partial charge in [-0.2, -0.15) is 0 Å². The van der Waals surface area contributed by atoms with E-state index >= 15 is 0 Å². The number of furan rings is 2. The summed E-state index contributed by atoms with van der Waals surface area (Å²) in [5, 5.41) is 4.42. The standard InChI is InChI=1S/C58H41BN2O2/c1-58(2,3)38-30-51-57-52(31-38)61(48-27-15-11-23-40(48)37-20-8-5-9-21-37)50-33-44-42-25-13-17-29-54(42)63-56(44)35-46(50)59(57)45-34-55-43(41-24-12-16-28-53(41)62-55)32-49(45)60(51)47-26-14-10-22-39(47)36-18-6-4-7-19-36/h4-35H,1-3H3. The van der Waals surface area contributed by atoms with Crippen LogP contribution in [0.25, 0.3) is 66.1 Å². The molecule has 0 bridgehead atoms. The van der Waals surface area contributed by atoms with Crippen molar-refractivity contribution in [3.63, 3.8) is 0 Å². The summed E-state index contributed by atoms with van der Waals surface area (Å²) in [6.45, 7) is 6.85. The van der Waals surface area contributed by atoms with E-state index in [1.165, 1.54) is 55.6 Å². The molecule has 0 saturated heterocycles. The fraction of sp³-hybridized carbons (Fsp3) is 0.0690. The van der Waals surface area contributed by atoms with E-state index in [0.29, 0.717) is 0 Å². The largest absolute Gasteiger partial charge is 0.456 e. The molecule has 0 atom stereocenters. The van der Waals surface area contributed by atoms with E-state index in [1.807, 2.05) is 0 Å². The molecule has 11 aromatic rings. The van der Waals surface area contributed by atoms with Gasteiger partial charge >= 0.3 is 0 Å². The maximum atomic E-state index is 6.75. The fourth-order valence-corrected chi connectivity index (χ4v) is 10.4. The lowest BCUT2D eigenvalue weighted by atomic mass is 9.33. The van der Waals surface area contributed by atoms with E-state index in [2.05, 4.69) is 225 Å². The first-order valence-electron chi connectivity index (χ1n) is 21.9. The Hall–Kier alpha value is -7.76. The highest BCUT2D eigenvalue weighted by Gasteiger charge is 2.45. The van der Waals surface area contributed by atoms with Gasteiger partial charge in [0.2, 0.25) is 0 Å². The van der Waals surface area contributed by atoms with Crippen molar-refractivity contribution in [2.45, 2.75) is 26.2 Å². The second-order valence-corrected chi connectivity index (χ2v) is 18.1. The predicted molar refractivity (Wildman–Crippen MR) is 265 cm³/mol. The number of hydrogen-bond acceptors (Lipinski definition) is 4. The van der Waals surface area contributed by atoms with Crippen LogP contribution in [0, 0.1) is 0 Å². The Labute approximate surface area is 366 Å². The Bertz CT molecular complexity index is 3410. The van der Waals surface area contributed by atoms with Gasteiger partial charge in [0, 0.05) is 55.4 Å². The molecule has 2 aliphatic heterocycles. The van der Waals surface area contributed by atoms with Crippen molar-refractivity contribution in [2.75, 3.05) is 9.80 Å². The van der Waals surface area contributed by atoms with Crippen molar-refractivity contribution >= 4 is 101 Å². The van der Waals surface area contributed by atoms with Gasteiger partial charge in [0.1, 0.15) is 22.3 Å². The fourth-order valence-electron chi connectivity index (χ4n) is 10.4. The highest BCUT2D eigenvalue weighted by Crippen LogP contribution is 2.51. The van der Waals surface area contributed by atoms with Crippen molar-refractivity contribution in [3.8, 4) is 22.3 Å². The summed E-state index contributed by atoms with van der Waals surface area (Å²) < 4.78 is 13.5. The maximum absolute atomic E-state index is 6.75. The molecule has 0 aliphatic carbocycles. The topological polar surface area (TPSA) is 32.8 Å². The number of rotatable bonds is 4. The molecule has 0 N–H and O–H groups in total. The van der Waals surface area contributed by atoms with Crippen molar-refractivity contribution in [1.82, 2.24) is 0 Å². The van der Waals surface area contributed by atoms with Crippen molar-refractivity contribution < 1.29 is 8.83 Å². The second-order valence-electron chi connectivity index (χ2n) is 18.1. The van der Waals surface area contributed by atoms with Gasteiger partial charge in [-0.1, -0.05) is 154 Å². The van der Waals surface area contributed by atoms with Crippen LogP contribution in [0.3, 0.4) is 0 Å². The van der Waals surface area contributed by atoms with Gasteiger partial charge in [-0.3, -0.25) is 0 Å². The zero-order valence-corrected chi connectivity index (χ0v) is 35.3. The lowest BCUT2D eigenvalue weighted by Gasteiger charge is -2.45. The van der Waals surface area contributed by atoms with Crippen LogP contribution in [-0.4, -0.2) is 6.71 Å². The first-order valence-corrected chi connectivity index (χ1v) is 21.9. The number of nitrogens with zero attached hydrogens (tertiary/aromatic N) is 2. The van der Waals surface area contributed by atoms with E-state index in [1.54, 1.807) is 0 Å². The summed E-state index contributed by atoms with van der Waals surface area (Å²) in [6.07, 6.45) is 0. The van der Waals surface area contributed by atoms with Crippen LogP contribution in [0.1, 0.15) is 26.3 Å². The molecule has 4 nitrogen and oxygen atoms in total. The van der Waals surface area contributed by atoms with Crippen LogP contribution in [0.2, 0.25) is 0 Å². The van der Waals surface area contributed by atoms with E-state index in [9.17, 15) is 0 Å². The normalized spacial score (nSPS) is 13.2. The van der Waals surface area contributed by atoms with Gasteiger partial charge in [0.05, 0.1) is 11.4 Å². The average Bonchev–Trinajstić information content (AvgIpc) is 3.87. The molecule has 0 unspecified atom stereocenters. The minimum atomic E-state index is -0.174. The first-order chi connectivity index (χ1) is 30.9. The Morgan fingerprint density at radius 2 is 0.778 bits per heavy atom. The average molecular weight is 809 g/mol. The maximum Gasteiger partial charge on any atom is 0.252 e. The van der Waals surface area contributed by atoms with Crippen LogP contribution in [0.15, 0.2) is 203 Å². The first kappa shape index (κ1) is 35.9. The quantitative estimate of drug-likeness (QED) is 0.166. The Balaban J connectivity index is 1.21. The molecule has 5 heteroatoms. The van der Waals surface area contributed by atoms with Gasteiger partial charge in [-0.05, 0) is 99.2 Å². The lowest BCUT2D eigenvalue weighted by molar-refractivity contribution is 0.590. The van der Waals surface area contributed by atoms with Crippen LogP contribution >= 0.6 is 0 Å². The molecule has 2 aromatic heterocycles. The minimum Gasteiger partial charge on any atom is -0.456 e. The highest BCUT2D eigenvalue weighted by atomic mass is 16.3. The molecule has 0 fully saturated rings. The molecule has 13 rings (SSSR count). The zero-order chi connectivity index (χ0) is 42.0. The highest BCUT2D eigenvalue weighted by molar-refractivity contribution is 7.00. The third-order valence-corrected chi connectivity index (χ3v) is 13.4. The summed E-state index contributed by atoms with van der Waals surface area (Å²) in [6, 6.07) is 70.6. The number of benzene rings is 9. The molecule has 4 heterocycles. The van der Waals surface area contributed by atoms with E-state index in [-0.39, 0.29) is 12.1 Å². The molecule has 9 aromatic carbocycles. The monoisotopic (exact) mass is 808 g/mol. The molecular formula is C58H41BN2O2. The third kappa shape index (κ3) is 5.36. The number of para-hydroxylation sites is 4. The molecule has 63 heavy (non-hydrogen) atoms. The molecule has 0 amide bonds. The Morgan fingerprint density at radius 1 is 0.365 bits per heavy atom. The predicted octanol–water partition coefficient (Wildman–Crippen LogP) is 14.2. The van der Waals surface area contributed by atoms with Crippen molar-refractivity contribution in [1.29, 1.82) is 0 Å². The van der Waals surface area contributed by atoms with Gasteiger partial charge in [-0.25, -0.2) is 0 Å². The van der Waals surface area contributed by atoms with Gasteiger partial charge in [0.15, 0.2) is 0 Å². The van der Waals surface area contributed by atoms with Crippen LogP contribution in [0.4, 0.5) is 34.1 Å².